The molecule has 0 spiro atoms. The maximum Gasteiger partial charge on any atom is 0.235 e. The van der Waals surface area contributed by atoms with Crippen molar-refractivity contribution in [3.63, 3.8) is 0 Å². The van der Waals surface area contributed by atoms with Gasteiger partial charge in [0.1, 0.15) is 0 Å². The first-order chi connectivity index (χ1) is 9.29. The standard InChI is InChI=1S/C12H25N3O4S/c1-14(2)6-7-15(20(3,17)18)10-12(16)13-9-11-5-4-8-19-11/h11H,4-10H2,1-3H3,(H,13,16). The highest BCUT2D eigenvalue weighted by molar-refractivity contribution is 7.88. The zero-order chi connectivity index (χ0) is 15.2. The Bertz CT molecular complexity index is 405. The Labute approximate surface area is 121 Å². The molecule has 1 unspecified atom stereocenters. The molecule has 1 rings (SSSR count). The van der Waals surface area contributed by atoms with Crippen molar-refractivity contribution in [3.05, 3.63) is 0 Å². The first kappa shape index (κ1) is 17.4. The van der Waals surface area contributed by atoms with Gasteiger partial charge in [-0.1, -0.05) is 0 Å². The fourth-order valence-electron chi connectivity index (χ4n) is 1.92. The van der Waals surface area contributed by atoms with Crippen molar-refractivity contribution in [1.29, 1.82) is 0 Å². The van der Waals surface area contributed by atoms with E-state index in [1.54, 1.807) is 0 Å². The molecule has 118 valence electrons. The van der Waals surface area contributed by atoms with Crippen LogP contribution in [0, 0.1) is 0 Å². The van der Waals surface area contributed by atoms with Crippen molar-refractivity contribution >= 4 is 15.9 Å². The van der Waals surface area contributed by atoms with Gasteiger partial charge in [-0.3, -0.25) is 4.79 Å². The lowest BCUT2D eigenvalue weighted by atomic mass is 10.2. The molecule has 1 saturated heterocycles. The van der Waals surface area contributed by atoms with Gasteiger partial charge in [-0.25, -0.2) is 8.42 Å². The van der Waals surface area contributed by atoms with Gasteiger partial charge in [0.2, 0.25) is 15.9 Å². The fourth-order valence-corrected chi connectivity index (χ4v) is 2.69. The quantitative estimate of drug-likeness (QED) is 0.629. The Morgan fingerprint density at radius 3 is 2.55 bits per heavy atom. The summed E-state index contributed by atoms with van der Waals surface area (Å²) in [5.41, 5.74) is 0. The molecule has 0 aromatic carbocycles. The molecule has 0 radical (unpaired) electrons. The van der Waals surface area contributed by atoms with Crippen molar-refractivity contribution in [1.82, 2.24) is 14.5 Å². The van der Waals surface area contributed by atoms with E-state index in [1.807, 2.05) is 19.0 Å². The summed E-state index contributed by atoms with van der Waals surface area (Å²) in [5, 5.41) is 2.73. The summed E-state index contributed by atoms with van der Waals surface area (Å²) in [5.74, 6) is -0.287. The monoisotopic (exact) mass is 307 g/mol. The Kier molecular flexibility index (Phi) is 6.87. The number of rotatable bonds is 8. The molecule has 1 aliphatic heterocycles. The van der Waals surface area contributed by atoms with Gasteiger partial charge >= 0.3 is 0 Å². The van der Waals surface area contributed by atoms with Crippen LogP contribution in [0.5, 0.6) is 0 Å². The summed E-state index contributed by atoms with van der Waals surface area (Å²) in [6.45, 7) is 1.92. The molecule has 8 heteroatoms. The van der Waals surface area contributed by atoms with Crippen molar-refractivity contribution in [2.45, 2.75) is 18.9 Å². The average molecular weight is 307 g/mol. The molecule has 0 aromatic heterocycles. The maximum atomic E-state index is 11.8. The lowest BCUT2D eigenvalue weighted by Crippen LogP contribution is -2.44. The van der Waals surface area contributed by atoms with Gasteiger partial charge in [-0.2, -0.15) is 4.31 Å². The van der Waals surface area contributed by atoms with Crippen LogP contribution >= 0.6 is 0 Å². The SMILES string of the molecule is CN(C)CCN(CC(=O)NCC1CCCO1)S(C)(=O)=O. The van der Waals surface area contributed by atoms with E-state index >= 15 is 0 Å². The minimum atomic E-state index is -3.38. The van der Waals surface area contributed by atoms with E-state index in [2.05, 4.69) is 5.32 Å². The van der Waals surface area contributed by atoms with Gasteiger partial charge in [0.25, 0.3) is 0 Å². The van der Waals surface area contributed by atoms with Crippen molar-refractivity contribution in [2.75, 3.05) is 53.1 Å². The second kappa shape index (κ2) is 7.92. The number of hydrogen-bond acceptors (Lipinski definition) is 5. The number of ether oxygens (including phenoxy) is 1. The van der Waals surface area contributed by atoms with Gasteiger partial charge in [0.05, 0.1) is 18.9 Å². The van der Waals surface area contributed by atoms with Crippen LogP contribution in [-0.4, -0.2) is 82.8 Å². The van der Waals surface area contributed by atoms with E-state index in [-0.39, 0.29) is 18.6 Å². The smallest absolute Gasteiger partial charge is 0.235 e. The van der Waals surface area contributed by atoms with E-state index in [0.717, 1.165) is 25.7 Å². The minimum absolute atomic E-state index is 0.0624. The third-order valence-electron chi connectivity index (χ3n) is 3.14. The number of carbonyl (C=O) groups excluding carboxylic acids is 1. The molecule has 0 bridgehead atoms. The first-order valence-corrected chi connectivity index (χ1v) is 8.62. The Hall–Kier alpha value is -0.700. The predicted octanol–water partition coefficient (Wildman–Crippen LogP) is -0.895. The summed E-state index contributed by atoms with van der Waals surface area (Å²) >= 11 is 0. The molecule has 1 amide bonds. The number of likely N-dealkylation sites (N-methyl/N-ethyl adjacent to an activating group) is 1. The summed E-state index contributed by atoms with van der Waals surface area (Å²) in [7, 11) is 0.340. The van der Waals surface area contributed by atoms with Crippen LogP contribution in [0.4, 0.5) is 0 Å². The zero-order valence-electron chi connectivity index (χ0n) is 12.5. The van der Waals surface area contributed by atoms with Crippen LogP contribution in [0.25, 0.3) is 0 Å². The Morgan fingerprint density at radius 1 is 1.35 bits per heavy atom. The summed E-state index contributed by atoms with van der Waals surface area (Å²) in [6, 6.07) is 0. The molecule has 0 saturated carbocycles. The number of sulfonamides is 1. The number of nitrogens with one attached hydrogen (secondary N) is 1. The highest BCUT2D eigenvalue weighted by atomic mass is 32.2. The molecule has 1 heterocycles. The van der Waals surface area contributed by atoms with Gasteiger partial charge in [0, 0.05) is 26.2 Å². The molecule has 20 heavy (non-hydrogen) atoms. The van der Waals surface area contributed by atoms with Crippen LogP contribution in [-0.2, 0) is 19.6 Å². The molecule has 7 nitrogen and oxygen atoms in total. The molecule has 0 aromatic rings. The highest BCUT2D eigenvalue weighted by Crippen LogP contribution is 2.10. The number of amides is 1. The van der Waals surface area contributed by atoms with Crippen molar-refractivity contribution in [2.24, 2.45) is 0 Å². The van der Waals surface area contributed by atoms with Gasteiger partial charge in [-0.15, -0.1) is 0 Å². The molecule has 1 fully saturated rings. The highest BCUT2D eigenvalue weighted by Gasteiger charge is 2.21. The van der Waals surface area contributed by atoms with E-state index in [0.29, 0.717) is 19.6 Å². The van der Waals surface area contributed by atoms with Crippen LogP contribution in [0.2, 0.25) is 0 Å². The molecule has 1 aliphatic rings. The maximum absolute atomic E-state index is 11.8. The molecular formula is C12H25N3O4S. The fraction of sp³-hybridized carbons (Fsp3) is 0.917. The van der Waals surface area contributed by atoms with Crippen molar-refractivity contribution < 1.29 is 17.9 Å². The first-order valence-electron chi connectivity index (χ1n) is 6.77. The van der Waals surface area contributed by atoms with Gasteiger partial charge in [0.15, 0.2) is 0 Å². The number of carbonyl (C=O) groups is 1. The van der Waals surface area contributed by atoms with E-state index in [4.69, 9.17) is 4.74 Å². The van der Waals surface area contributed by atoms with Crippen LogP contribution in [0.3, 0.4) is 0 Å². The normalized spacial score (nSPS) is 19.8. The number of hydrogen-bond donors (Lipinski definition) is 1. The lowest BCUT2D eigenvalue weighted by molar-refractivity contribution is -0.121. The predicted molar refractivity (Wildman–Crippen MR) is 77.0 cm³/mol. The third-order valence-corrected chi connectivity index (χ3v) is 4.39. The molecular weight excluding hydrogens is 282 g/mol. The summed E-state index contributed by atoms with van der Waals surface area (Å²) in [6.07, 6.45) is 3.14. The topological polar surface area (TPSA) is 79.0 Å². The van der Waals surface area contributed by atoms with Crippen LogP contribution in [0.15, 0.2) is 0 Å². The Balaban J connectivity index is 2.40. The Morgan fingerprint density at radius 2 is 2.05 bits per heavy atom. The third kappa shape index (κ3) is 6.65. The number of nitrogens with zero attached hydrogens (tertiary/aromatic N) is 2. The largest absolute Gasteiger partial charge is 0.376 e. The van der Waals surface area contributed by atoms with Crippen LogP contribution < -0.4 is 5.32 Å². The van der Waals surface area contributed by atoms with E-state index in [9.17, 15) is 13.2 Å². The second-order valence-electron chi connectivity index (χ2n) is 5.34. The van der Waals surface area contributed by atoms with Gasteiger partial charge < -0.3 is 15.0 Å². The van der Waals surface area contributed by atoms with E-state index in [1.165, 1.54) is 4.31 Å². The van der Waals surface area contributed by atoms with E-state index < -0.39 is 10.0 Å². The molecule has 1 atom stereocenters. The summed E-state index contributed by atoms with van der Waals surface area (Å²) in [4.78, 5) is 13.7. The van der Waals surface area contributed by atoms with Crippen LogP contribution in [0.1, 0.15) is 12.8 Å². The van der Waals surface area contributed by atoms with Gasteiger partial charge in [-0.05, 0) is 26.9 Å². The zero-order valence-corrected chi connectivity index (χ0v) is 13.3. The average Bonchev–Trinajstić information content (AvgIpc) is 2.83. The second-order valence-corrected chi connectivity index (χ2v) is 7.32. The lowest BCUT2D eigenvalue weighted by Gasteiger charge is -2.21. The van der Waals surface area contributed by atoms with Crippen molar-refractivity contribution in [3.8, 4) is 0 Å². The molecule has 1 N–H and O–H groups in total. The summed E-state index contributed by atoms with van der Waals surface area (Å²) < 4.78 is 29.9. The molecule has 0 aliphatic carbocycles. The minimum Gasteiger partial charge on any atom is -0.376 e.